The number of nitrogens with one attached hydrogen (secondary N) is 1. The highest BCUT2D eigenvalue weighted by Gasteiger charge is 2.09. The molecule has 21 heavy (non-hydrogen) atoms. The lowest BCUT2D eigenvalue weighted by molar-refractivity contribution is 0.201. The van der Waals surface area contributed by atoms with Gasteiger partial charge in [-0.2, -0.15) is 5.10 Å². The summed E-state index contributed by atoms with van der Waals surface area (Å²) in [7, 11) is 0. The van der Waals surface area contributed by atoms with E-state index in [1.807, 2.05) is 35.9 Å². The zero-order chi connectivity index (χ0) is 15.2. The Morgan fingerprint density at radius 1 is 1.24 bits per heavy atom. The van der Waals surface area contributed by atoms with Crippen molar-refractivity contribution in [3.63, 3.8) is 0 Å². The van der Waals surface area contributed by atoms with Crippen LogP contribution in [0.5, 0.6) is 5.75 Å². The molecule has 0 saturated heterocycles. The van der Waals surface area contributed by atoms with Gasteiger partial charge < -0.3 is 15.2 Å². The molecule has 0 amide bonds. The molecule has 5 nitrogen and oxygen atoms in total. The molecule has 0 aliphatic carbocycles. The molecule has 0 spiro atoms. The number of aliphatic hydroxyl groups excluding tert-OH is 1. The van der Waals surface area contributed by atoms with Crippen LogP contribution in [0, 0.1) is 13.8 Å². The smallest absolute Gasteiger partial charge is 0.119 e. The second-order valence-corrected chi connectivity index (χ2v) is 4.92. The summed E-state index contributed by atoms with van der Waals surface area (Å²) in [4.78, 5) is 0. The van der Waals surface area contributed by atoms with Crippen LogP contribution in [0.3, 0.4) is 0 Å². The molecule has 0 saturated carbocycles. The van der Waals surface area contributed by atoms with Crippen LogP contribution in [0.2, 0.25) is 0 Å². The fourth-order valence-corrected chi connectivity index (χ4v) is 2.32. The van der Waals surface area contributed by atoms with Crippen molar-refractivity contribution in [1.29, 1.82) is 0 Å². The second kappa shape index (κ2) is 7.13. The summed E-state index contributed by atoms with van der Waals surface area (Å²) in [6.45, 7) is 8.25. The maximum Gasteiger partial charge on any atom is 0.119 e. The Morgan fingerprint density at radius 3 is 2.52 bits per heavy atom. The van der Waals surface area contributed by atoms with Gasteiger partial charge in [-0.15, -0.1) is 0 Å². The first-order valence-corrected chi connectivity index (χ1v) is 7.26. The molecular weight excluding hydrogens is 266 g/mol. The summed E-state index contributed by atoms with van der Waals surface area (Å²) in [6, 6.07) is 7.74. The van der Waals surface area contributed by atoms with Gasteiger partial charge in [-0.3, -0.25) is 4.68 Å². The van der Waals surface area contributed by atoms with E-state index in [4.69, 9.17) is 9.84 Å². The van der Waals surface area contributed by atoms with Crippen LogP contribution < -0.4 is 10.1 Å². The van der Waals surface area contributed by atoms with Crippen molar-refractivity contribution in [3.05, 3.63) is 41.2 Å². The summed E-state index contributed by atoms with van der Waals surface area (Å²) in [5.41, 5.74) is 4.57. The molecule has 0 atom stereocenters. The van der Waals surface area contributed by atoms with Crippen LogP contribution in [-0.4, -0.2) is 28.1 Å². The van der Waals surface area contributed by atoms with Gasteiger partial charge in [0.05, 0.1) is 12.3 Å². The van der Waals surface area contributed by atoms with Crippen LogP contribution in [0.4, 0.5) is 5.69 Å². The van der Waals surface area contributed by atoms with E-state index in [9.17, 15) is 0 Å². The Balaban J connectivity index is 1.98. The molecule has 1 heterocycles. The number of rotatable bonds is 7. The molecule has 5 heteroatoms. The number of ether oxygens (including phenoxy) is 1. The molecule has 0 aliphatic heterocycles. The number of aliphatic hydroxyl groups is 1. The van der Waals surface area contributed by atoms with Crippen LogP contribution in [0.25, 0.3) is 0 Å². The summed E-state index contributed by atoms with van der Waals surface area (Å²) in [6.07, 6.45) is 0. The van der Waals surface area contributed by atoms with E-state index < -0.39 is 0 Å². The van der Waals surface area contributed by atoms with Crippen LogP contribution in [0.1, 0.15) is 23.9 Å². The van der Waals surface area contributed by atoms with Gasteiger partial charge in [-0.05, 0) is 45.0 Å². The number of anilines is 1. The average molecular weight is 289 g/mol. The first-order chi connectivity index (χ1) is 10.2. The van der Waals surface area contributed by atoms with Gasteiger partial charge in [0.1, 0.15) is 12.4 Å². The fourth-order valence-electron chi connectivity index (χ4n) is 2.32. The van der Waals surface area contributed by atoms with E-state index in [-0.39, 0.29) is 6.61 Å². The zero-order valence-electron chi connectivity index (χ0n) is 12.9. The molecule has 0 unspecified atom stereocenters. The minimum absolute atomic E-state index is 0.0278. The van der Waals surface area contributed by atoms with Gasteiger partial charge >= 0.3 is 0 Å². The molecule has 0 radical (unpaired) electrons. The zero-order valence-corrected chi connectivity index (χ0v) is 12.9. The van der Waals surface area contributed by atoms with Gasteiger partial charge in [0.25, 0.3) is 0 Å². The molecule has 1 aromatic heterocycles. The lowest BCUT2D eigenvalue weighted by atomic mass is 10.2. The highest BCUT2D eigenvalue weighted by atomic mass is 16.5. The largest absolute Gasteiger partial charge is 0.491 e. The normalized spacial score (nSPS) is 10.7. The summed E-state index contributed by atoms with van der Waals surface area (Å²) in [5, 5.41) is 16.6. The molecule has 2 aromatic rings. The third-order valence-electron chi connectivity index (χ3n) is 3.51. The number of benzene rings is 1. The third kappa shape index (κ3) is 3.76. The van der Waals surface area contributed by atoms with E-state index in [1.54, 1.807) is 0 Å². The first kappa shape index (κ1) is 15.4. The maximum atomic E-state index is 8.72. The molecule has 1 aromatic carbocycles. The molecular formula is C16H23N3O2. The molecule has 2 rings (SSSR count). The summed E-state index contributed by atoms with van der Waals surface area (Å²) >= 11 is 0. The SMILES string of the molecule is CCn1nc(C)c(CNc2ccc(OCCO)cc2)c1C. The van der Waals surface area contributed by atoms with Crippen LogP contribution >= 0.6 is 0 Å². The second-order valence-electron chi connectivity index (χ2n) is 4.92. The first-order valence-electron chi connectivity index (χ1n) is 7.26. The predicted octanol–water partition coefficient (Wildman–Crippen LogP) is 2.50. The quantitative estimate of drug-likeness (QED) is 0.822. The molecule has 0 aliphatic rings. The number of hydrogen-bond acceptors (Lipinski definition) is 4. The molecule has 0 fully saturated rings. The van der Waals surface area contributed by atoms with Crippen LogP contribution in [0.15, 0.2) is 24.3 Å². The minimum Gasteiger partial charge on any atom is -0.491 e. The molecule has 2 N–H and O–H groups in total. The van der Waals surface area contributed by atoms with E-state index in [2.05, 4.69) is 24.3 Å². The summed E-state index contributed by atoms with van der Waals surface area (Å²) < 4.78 is 7.36. The molecule has 0 bridgehead atoms. The van der Waals surface area contributed by atoms with Gasteiger partial charge in [0.15, 0.2) is 0 Å². The third-order valence-corrected chi connectivity index (χ3v) is 3.51. The van der Waals surface area contributed by atoms with Gasteiger partial charge in [-0.25, -0.2) is 0 Å². The lowest BCUT2D eigenvalue weighted by Crippen LogP contribution is -2.04. The Hall–Kier alpha value is -2.01. The number of aromatic nitrogens is 2. The van der Waals surface area contributed by atoms with Crippen molar-refractivity contribution in [1.82, 2.24) is 9.78 Å². The van der Waals surface area contributed by atoms with Gasteiger partial charge in [0, 0.05) is 30.0 Å². The van der Waals surface area contributed by atoms with Crippen molar-refractivity contribution >= 4 is 5.69 Å². The standard InChI is InChI=1S/C16H23N3O2/c1-4-19-13(3)16(12(2)18-19)11-17-14-5-7-15(8-6-14)21-10-9-20/h5-8,17,20H,4,9-11H2,1-3H3. The van der Waals surface area contributed by atoms with Crippen molar-refractivity contribution < 1.29 is 9.84 Å². The van der Waals surface area contributed by atoms with Crippen molar-refractivity contribution in [3.8, 4) is 5.75 Å². The topological polar surface area (TPSA) is 59.3 Å². The van der Waals surface area contributed by atoms with E-state index >= 15 is 0 Å². The lowest BCUT2D eigenvalue weighted by Gasteiger charge is -2.09. The predicted molar refractivity (Wildman–Crippen MR) is 83.7 cm³/mol. The Morgan fingerprint density at radius 2 is 1.95 bits per heavy atom. The van der Waals surface area contributed by atoms with Crippen molar-refractivity contribution in [2.45, 2.75) is 33.9 Å². The van der Waals surface area contributed by atoms with Gasteiger partial charge in [-0.1, -0.05) is 0 Å². The average Bonchev–Trinajstić information content (AvgIpc) is 2.78. The number of nitrogens with zero attached hydrogens (tertiary/aromatic N) is 2. The fraction of sp³-hybridized carbons (Fsp3) is 0.438. The number of hydrogen-bond donors (Lipinski definition) is 2. The van der Waals surface area contributed by atoms with Gasteiger partial charge in [0.2, 0.25) is 0 Å². The van der Waals surface area contributed by atoms with E-state index in [0.29, 0.717) is 6.61 Å². The Kier molecular flexibility index (Phi) is 5.22. The Labute approximate surface area is 125 Å². The monoisotopic (exact) mass is 289 g/mol. The highest BCUT2D eigenvalue weighted by Crippen LogP contribution is 2.18. The van der Waals surface area contributed by atoms with E-state index in [0.717, 1.165) is 30.2 Å². The highest BCUT2D eigenvalue weighted by molar-refractivity contribution is 5.47. The Bertz CT molecular complexity index is 576. The van der Waals surface area contributed by atoms with E-state index in [1.165, 1.54) is 11.3 Å². The minimum atomic E-state index is 0.0278. The summed E-state index contributed by atoms with van der Waals surface area (Å²) in [5.74, 6) is 0.765. The van der Waals surface area contributed by atoms with Crippen molar-refractivity contribution in [2.75, 3.05) is 18.5 Å². The number of aryl methyl sites for hydroxylation is 2. The van der Waals surface area contributed by atoms with Crippen LogP contribution in [-0.2, 0) is 13.1 Å². The van der Waals surface area contributed by atoms with Crippen molar-refractivity contribution in [2.24, 2.45) is 0 Å². The maximum absolute atomic E-state index is 8.72. The molecule has 114 valence electrons.